The van der Waals surface area contributed by atoms with E-state index in [0.29, 0.717) is 41.0 Å². The van der Waals surface area contributed by atoms with Crippen LogP contribution in [0.25, 0.3) is 11.4 Å². The number of nitrogens with one attached hydrogen (secondary N) is 1. The fourth-order valence-electron chi connectivity index (χ4n) is 3.00. The molecule has 9 nitrogen and oxygen atoms in total. The van der Waals surface area contributed by atoms with Gasteiger partial charge in [0.25, 0.3) is 5.69 Å². The van der Waals surface area contributed by atoms with Gasteiger partial charge < -0.3 is 10.1 Å². The third kappa shape index (κ3) is 5.54. The molecule has 0 aliphatic heterocycles. The van der Waals surface area contributed by atoms with Crippen molar-refractivity contribution in [3.05, 3.63) is 70.8 Å². The van der Waals surface area contributed by atoms with Crippen molar-refractivity contribution in [3.63, 3.8) is 0 Å². The smallest absolute Gasteiger partial charge is 0.416 e. The van der Waals surface area contributed by atoms with Crippen LogP contribution in [0.2, 0.25) is 0 Å². The van der Waals surface area contributed by atoms with Crippen LogP contribution in [0.15, 0.2) is 60.3 Å². The molecule has 3 rings (SSSR count). The number of rotatable bonds is 9. The maximum atomic E-state index is 12.9. The zero-order valence-electron chi connectivity index (χ0n) is 17.7. The number of benzene rings is 2. The van der Waals surface area contributed by atoms with E-state index in [1.54, 1.807) is 28.8 Å². The lowest BCUT2D eigenvalue weighted by atomic mass is 10.1. The van der Waals surface area contributed by atoms with Crippen molar-refractivity contribution in [2.75, 3.05) is 18.2 Å². The second kappa shape index (κ2) is 10.4. The van der Waals surface area contributed by atoms with Crippen LogP contribution in [0.1, 0.15) is 5.56 Å². The molecule has 1 N–H and O–H groups in total. The minimum absolute atomic E-state index is 0.223. The van der Waals surface area contributed by atoms with Gasteiger partial charge in [-0.2, -0.15) is 13.2 Å². The minimum atomic E-state index is -4.75. The summed E-state index contributed by atoms with van der Waals surface area (Å²) in [6.45, 7) is 4.04. The van der Waals surface area contributed by atoms with Crippen molar-refractivity contribution in [1.82, 2.24) is 14.8 Å². The average Bonchev–Trinajstić information content (AvgIpc) is 3.19. The maximum Gasteiger partial charge on any atom is 0.416 e. The number of anilines is 1. The van der Waals surface area contributed by atoms with E-state index in [0.717, 1.165) is 17.8 Å². The summed E-state index contributed by atoms with van der Waals surface area (Å²) < 4.78 is 45.7. The predicted molar refractivity (Wildman–Crippen MR) is 120 cm³/mol. The fourth-order valence-corrected chi connectivity index (χ4v) is 3.75. The molecule has 2 aromatic carbocycles. The van der Waals surface area contributed by atoms with E-state index >= 15 is 0 Å². The number of carbonyl (C=O) groups is 1. The van der Waals surface area contributed by atoms with Crippen LogP contribution in [-0.4, -0.2) is 38.5 Å². The number of allylic oxidation sites excluding steroid dienone is 1. The number of nitro benzene ring substituents is 1. The third-order valence-corrected chi connectivity index (χ3v) is 5.47. The van der Waals surface area contributed by atoms with Crippen molar-refractivity contribution in [3.8, 4) is 17.1 Å². The highest BCUT2D eigenvalue weighted by Gasteiger charge is 2.33. The van der Waals surface area contributed by atoms with Crippen molar-refractivity contribution in [1.29, 1.82) is 0 Å². The van der Waals surface area contributed by atoms with Gasteiger partial charge in [0.05, 0.1) is 28.9 Å². The lowest BCUT2D eigenvalue weighted by Crippen LogP contribution is -2.16. The van der Waals surface area contributed by atoms with Crippen LogP contribution in [0.3, 0.4) is 0 Å². The molecule has 1 heterocycles. The van der Waals surface area contributed by atoms with E-state index in [4.69, 9.17) is 4.74 Å². The Morgan fingerprint density at radius 3 is 2.68 bits per heavy atom. The summed E-state index contributed by atoms with van der Waals surface area (Å²) in [6, 6.07) is 9.06. The highest BCUT2D eigenvalue weighted by Crippen LogP contribution is 2.35. The fraction of sp³-hybridized carbons (Fsp3) is 0.190. The van der Waals surface area contributed by atoms with E-state index in [1.807, 2.05) is 6.07 Å². The van der Waals surface area contributed by atoms with Gasteiger partial charge in [0, 0.05) is 12.6 Å². The number of ether oxygens (including phenoxy) is 1. The molecular formula is C21H18F3N5O4S. The predicted octanol–water partition coefficient (Wildman–Crippen LogP) is 4.80. The van der Waals surface area contributed by atoms with Gasteiger partial charge in [-0.3, -0.25) is 19.5 Å². The first-order valence-electron chi connectivity index (χ1n) is 9.61. The molecule has 1 amide bonds. The highest BCUT2D eigenvalue weighted by molar-refractivity contribution is 7.99. The van der Waals surface area contributed by atoms with Gasteiger partial charge in [0.1, 0.15) is 11.4 Å². The first-order chi connectivity index (χ1) is 16.2. The van der Waals surface area contributed by atoms with E-state index in [9.17, 15) is 28.1 Å². The number of aromatic nitrogens is 3. The lowest BCUT2D eigenvalue weighted by molar-refractivity contribution is -0.384. The molecule has 0 atom stereocenters. The molecule has 0 unspecified atom stereocenters. The number of nitrogens with zero attached hydrogens (tertiary/aromatic N) is 4. The topological polar surface area (TPSA) is 112 Å². The summed E-state index contributed by atoms with van der Waals surface area (Å²) in [4.78, 5) is 22.6. The second-order valence-electron chi connectivity index (χ2n) is 6.73. The number of hydrogen-bond acceptors (Lipinski definition) is 7. The molecule has 0 saturated carbocycles. The molecule has 0 spiro atoms. The minimum Gasteiger partial charge on any atom is -0.496 e. The Bertz CT molecular complexity index is 1230. The monoisotopic (exact) mass is 493 g/mol. The second-order valence-corrected chi connectivity index (χ2v) is 7.67. The number of amides is 1. The third-order valence-electron chi connectivity index (χ3n) is 4.50. The molecule has 3 aromatic rings. The molecule has 13 heteroatoms. The summed E-state index contributed by atoms with van der Waals surface area (Å²) in [7, 11) is 1.52. The van der Waals surface area contributed by atoms with Crippen LogP contribution in [0.5, 0.6) is 5.75 Å². The maximum absolute atomic E-state index is 12.9. The molecule has 1 aromatic heterocycles. The van der Waals surface area contributed by atoms with Gasteiger partial charge in [-0.25, -0.2) is 0 Å². The Balaban J connectivity index is 1.79. The van der Waals surface area contributed by atoms with Crippen LogP contribution in [0, 0.1) is 10.1 Å². The van der Waals surface area contributed by atoms with Crippen molar-refractivity contribution in [2.45, 2.75) is 17.9 Å². The number of carbonyl (C=O) groups excluding carboxylic acids is 1. The van der Waals surface area contributed by atoms with Crippen LogP contribution in [0.4, 0.5) is 24.5 Å². The highest BCUT2D eigenvalue weighted by atomic mass is 32.2. The molecule has 178 valence electrons. The Morgan fingerprint density at radius 1 is 1.29 bits per heavy atom. The van der Waals surface area contributed by atoms with E-state index < -0.39 is 28.3 Å². The number of alkyl halides is 3. The van der Waals surface area contributed by atoms with E-state index in [1.165, 1.54) is 7.11 Å². The Labute approximate surface area is 195 Å². The van der Waals surface area contributed by atoms with Gasteiger partial charge in [-0.1, -0.05) is 30.0 Å². The number of halogens is 3. The van der Waals surface area contributed by atoms with Gasteiger partial charge in [0.15, 0.2) is 11.0 Å². The Morgan fingerprint density at radius 2 is 2.03 bits per heavy atom. The lowest BCUT2D eigenvalue weighted by Gasteiger charge is -2.11. The van der Waals surface area contributed by atoms with Crippen molar-refractivity contribution in [2.24, 2.45) is 0 Å². The summed E-state index contributed by atoms with van der Waals surface area (Å²) in [5.41, 5.74) is -1.71. The Hall–Kier alpha value is -3.87. The number of para-hydroxylation sites is 1. The molecule has 0 radical (unpaired) electrons. The first kappa shape index (κ1) is 24.8. The number of methoxy groups -OCH3 is 1. The molecule has 0 saturated heterocycles. The summed E-state index contributed by atoms with van der Waals surface area (Å²) in [6.07, 6.45) is -3.13. The van der Waals surface area contributed by atoms with Gasteiger partial charge in [-0.05, 0) is 24.3 Å². The normalized spacial score (nSPS) is 11.2. The zero-order valence-corrected chi connectivity index (χ0v) is 18.5. The zero-order chi connectivity index (χ0) is 24.9. The molecule has 0 fully saturated rings. The number of hydrogen-bond donors (Lipinski definition) is 1. The van der Waals surface area contributed by atoms with E-state index in [-0.39, 0.29) is 11.4 Å². The van der Waals surface area contributed by atoms with Gasteiger partial charge in [-0.15, -0.1) is 16.8 Å². The van der Waals surface area contributed by atoms with E-state index in [2.05, 4.69) is 22.1 Å². The van der Waals surface area contributed by atoms with Gasteiger partial charge >= 0.3 is 6.18 Å². The van der Waals surface area contributed by atoms with Gasteiger partial charge in [0.2, 0.25) is 5.91 Å². The van der Waals surface area contributed by atoms with Crippen molar-refractivity contribution >= 4 is 29.0 Å². The Kier molecular flexibility index (Phi) is 7.56. The van der Waals surface area contributed by atoms with Crippen LogP contribution in [-0.2, 0) is 17.5 Å². The van der Waals surface area contributed by atoms with Crippen molar-refractivity contribution < 1.29 is 27.6 Å². The quantitative estimate of drug-likeness (QED) is 0.197. The number of thioether (sulfide) groups is 1. The summed E-state index contributed by atoms with van der Waals surface area (Å²) in [5, 5.41) is 22.2. The molecular weight excluding hydrogens is 475 g/mol. The molecule has 34 heavy (non-hydrogen) atoms. The molecule has 0 bridgehead atoms. The molecule has 0 aliphatic rings. The summed E-state index contributed by atoms with van der Waals surface area (Å²) in [5.74, 6) is 0.168. The summed E-state index contributed by atoms with van der Waals surface area (Å²) >= 11 is 1.00. The first-order valence-corrected chi connectivity index (χ1v) is 10.6. The SMILES string of the molecule is C=CCn1c(SCC(=O)Nc2ccc(C(F)(F)F)cc2[N+](=O)[O-])nnc1-c1ccccc1OC. The largest absolute Gasteiger partial charge is 0.496 e. The standard InChI is InChI=1S/C21H18F3N5O4S/c1-3-10-28-19(14-6-4-5-7-17(14)33-2)26-27-20(28)34-12-18(30)25-15-9-8-13(21(22,23)24)11-16(15)29(31)32/h3-9,11H,1,10,12H2,2H3,(H,25,30). The molecule has 0 aliphatic carbocycles. The van der Waals surface area contributed by atoms with Crippen LogP contribution < -0.4 is 10.1 Å². The number of nitro groups is 1. The average molecular weight is 493 g/mol. The van der Waals surface area contributed by atoms with Crippen LogP contribution >= 0.6 is 11.8 Å².